The van der Waals surface area contributed by atoms with Crippen LogP contribution in [0.4, 0.5) is 0 Å². The van der Waals surface area contributed by atoms with Crippen LogP contribution in [-0.4, -0.2) is 10.3 Å². The van der Waals surface area contributed by atoms with Gasteiger partial charge >= 0.3 is 0 Å². The van der Waals surface area contributed by atoms with E-state index in [1.54, 1.807) is 0 Å². The Morgan fingerprint density at radius 2 is 1.33 bits per heavy atom. The van der Waals surface area contributed by atoms with Crippen molar-refractivity contribution in [2.75, 3.05) is 0 Å². The van der Waals surface area contributed by atoms with Crippen LogP contribution in [-0.2, 0) is 0 Å². The number of hydrogen-bond acceptors (Lipinski definition) is 3. The molecule has 0 aliphatic carbocycles. The van der Waals surface area contributed by atoms with Crippen molar-refractivity contribution < 1.29 is 9.94 Å². The molecule has 2 atom stereocenters. The second kappa shape index (κ2) is 6.54. The van der Waals surface area contributed by atoms with Crippen LogP contribution in [0.2, 0.25) is 0 Å². The van der Waals surface area contributed by atoms with E-state index >= 15 is 0 Å². The Labute approximate surface area is 158 Å². The van der Waals surface area contributed by atoms with E-state index in [0.29, 0.717) is 0 Å². The van der Waals surface area contributed by atoms with Gasteiger partial charge < -0.3 is 9.94 Å². The summed E-state index contributed by atoms with van der Waals surface area (Å²) in [6.07, 6.45) is -0.565. The highest BCUT2D eigenvalue weighted by Crippen LogP contribution is 2.45. The molecule has 5 rings (SSSR count). The van der Waals surface area contributed by atoms with Crippen molar-refractivity contribution in [3.63, 3.8) is 0 Å². The number of para-hydroxylation sites is 1. The first-order chi connectivity index (χ1) is 13.3. The third kappa shape index (κ3) is 2.69. The molecular weight excluding hydrogens is 334 g/mol. The van der Waals surface area contributed by atoms with Crippen LogP contribution in [0.1, 0.15) is 29.0 Å². The molecule has 1 aliphatic heterocycles. The lowest BCUT2D eigenvalue weighted by atomic mass is 9.91. The average Bonchev–Trinajstić information content (AvgIpc) is 2.74. The van der Waals surface area contributed by atoms with Crippen molar-refractivity contribution in [3.05, 3.63) is 114 Å². The second-order valence-corrected chi connectivity index (χ2v) is 6.77. The van der Waals surface area contributed by atoms with Gasteiger partial charge in [-0.05, 0) is 22.4 Å². The number of nitrogens with zero attached hydrogens (tertiary/aromatic N) is 1. The van der Waals surface area contributed by atoms with E-state index in [9.17, 15) is 5.21 Å². The number of rotatable bonds is 2. The van der Waals surface area contributed by atoms with Gasteiger partial charge in [0.05, 0.1) is 6.04 Å². The molecule has 0 fully saturated rings. The van der Waals surface area contributed by atoms with Gasteiger partial charge in [0.15, 0.2) is 0 Å². The van der Waals surface area contributed by atoms with E-state index in [1.807, 2.05) is 72.8 Å². The smallest absolute Gasteiger partial charge is 0.201 e. The van der Waals surface area contributed by atoms with Gasteiger partial charge in [0, 0.05) is 11.1 Å². The van der Waals surface area contributed by atoms with E-state index in [0.717, 1.165) is 33.2 Å². The second-order valence-electron chi connectivity index (χ2n) is 6.77. The van der Waals surface area contributed by atoms with Crippen molar-refractivity contribution in [3.8, 4) is 5.75 Å². The highest BCUT2D eigenvalue weighted by atomic mass is 16.6. The zero-order valence-electron chi connectivity index (χ0n) is 14.7. The van der Waals surface area contributed by atoms with Gasteiger partial charge in [-0.1, -0.05) is 91.0 Å². The van der Waals surface area contributed by atoms with Gasteiger partial charge in [-0.15, -0.1) is 5.06 Å². The lowest BCUT2D eigenvalue weighted by molar-refractivity contribution is -0.220. The van der Waals surface area contributed by atoms with Crippen LogP contribution in [0.15, 0.2) is 97.1 Å². The summed E-state index contributed by atoms with van der Waals surface area (Å²) in [4.78, 5) is 0. The van der Waals surface area contributed by atoms with E-state index in [2.05, 4.69) is 24.3 Å². The molecule has 3 heteroatoms. The fourth-order valence-electron chi connectivity index (χ4n) is 3.90. The Morgan fingerprint density at radius 3 is 2.22 bits per heavy atom. The summed E-state index contributed by atoms with van der Waals surface area (Å²) in [5, 5.41) is 14.9. The fourth-order valence-corrected chi connectivity index (χ4v) is 3.90. The van der Waals surface area contributed by atoms with Crippen LogP contribution in [0.25, 0.3) is 10.8 Å². The van der Waals surface area contributed by atoms with Crippen LogP contribution in [0.3, 0.4) is 0 Å². The Balaban J connectivity index is 1.72. The third-order valence-corrected chi connectivity index (χ3v) is 5.16. The molecular formula is C24H19NO2. The first-order valence-corrected chi connectivity index (χ1v) is 9.08. The van der Waals surface area contributed by atoms with Crippen molar-refractivity contribution in [1.29, 1.82) is 0 Å². The molecule has 0 amide bonds. The van der Waals surface area contributed by atoms with Gasteiger partial charge in [-0.3, -0.25) is 0 Å². The molecule has 0 spiro atoms. The Kier molecular flexibility index (Phi) is 3.89. The SMILES string of the molecule is ON1C(c2ccccc2)Oc2ccccc2C1c1cccc2ccccc12. The highest BCUT2D eigenvalue weighted by Gasteiger charge is 2.37. The number of hydroxylamine groups is 2. The molecule has 0 bridgehead atoms. The van der Waals surface area contributed by atoms with Crippen LogP contribution in [0, 0.1) is 0 Å². The Morgan fingerprint density at radius 1 is 0.667 bits per heavy atom. The summed E-state index contributed by atoms with van der Waals surface area (Å²) < 4.78 is 6.17. The van der Waals surface area contributed by atoms with E-state index in [4.69, 9.17) is 4.74 Å². The predicted octanol–water partition coefficient (Wildman–Crippen LogP) is 5.71. The zero-order chi connectivity index (χ0) is 18.2. The van der Waals surface area contributed by atoms with Gasteiger partial charge in [-0.2, -0.15) is 0 Å². The van der Waals surface area contributed by atoms with E-state index < -0.39 is 6.23 Å². The van der Waals surface area contributed by atoms with Gasteiger partial charge in [0.25, 0.3) is 0 Å². The molecule has 0 aromatic heterocycles. The fraction of sp³-hybridized carbons (Fsp3) is 0.0833. The molecule has 4 aromatic rings. The van der Waals surface area contributed by atoms with E-state index in [-0.39, 0.29) is 6.04 Å². The molecule has 1 heterocycles. The first-order valence-electron chi connectivity index (χ1n) is 9.08. The normalized spacial score (nSPS) is 19.4. The monoisotopic (exact) mass is 353 g/mol. The third-order valence-electron chi connectivity index (χ3n) is 5.16. The highest BCUT2D eigenvalue weighted by molar-refractivity contribution is 5.86. The molecule has 0 radical (unpaired) electrons. The maximum absolute atomic E-state index is 11.3. The first kappa shape index (κ1) is 16.1. The van der Waals surface area contributed by atoms with Crippen LogP contribution in [0.5, 0.6) is 5.75 Å². The predicted molar refractivity (Wildman–Crippen MR) is 106 cm³/mol. The molecule has 4 aromatic carbocycles. The Hall–Kier alpha value is -3.14. The quantitative estimate of drug-likeness (QED) is 0.501. The summed E-state index contributed by atoms with van der Waals surface area (Å²) in [5.41, 5.74) is 2.94. The maximum Gasteiger partial charge on any atom is 0.201 e. The maximum atomic E-state index is 11.3. The number of benzene rings is 4. The summed E-state index contributed by atoms with van der Waals surface area (Å²) in [6, 6.07) is 31.9. The molecule has 132 valence electrons. The largest absolute Gasteiger partial charge is 0.468 e. The molecule has 0 saturated heterocycles. The number of ether oxygens (including phenoxy) is 1. The molecule has 27 heavy (non-hydrogen) atoms. The average molecular weight is 353 g/mol. The molecule has 0 saturated carbocycles. The topological polar surface area (TPSA) is 32.7 Å². The van der Waals surface area contributed by atoms with Crippen molar-refractivity contribution >= 4 is 10.8 Å². The van der Waals surface area contributed by atoms with Crippen molar-refractivity contribution in [2.24, 2.45) is 0 Å². The minimum absolute atomic E-state index is 0.314. The van der Waals surface area contributed by atoms with Gasteiger partial charge in [0.1, 0.15) is 5.75 Å². The summed E-state index contributed by atoms with van der Waals surface area (Å²) in [6.45, 7) is 0. The van der Waals surface area contributed by atoms with Gasteiger partial charge in [-0.25, -0.2) is 0 Å². The molecule has 1 N–H and O–H groups in total. The zero-order valence-corrected chi connectivity index (χ0v) is 14.7. The minimum Gasteiger partial charge on any atom is -0.468 e. The summed E-state index contributed by atoms with van der Waals surface area (Å²) in [7, 11) is 0. The number of fused-ring (bicyclic) bond motifs is 2. The molecule has 2 unspecified atom stereocenters. The summed E-state index contributed by atoms with van der Waals surface area (Å²) >= 11 is 0. The lowest BCUT2D eigenvalue weighted by Crippen LogP contribution is -2.38. The molecule has 3 nitrogen and oxygen atoms in total. The van der Waals surface area contributed by atoms with Crippen molar-refractivity contribution in [2.45, 2.75) is 12.3 Å². The standard InChI is InChI=1S/C24H19NO2/c26-25-23(20-15-8-12-17-9-4-5-13-19(17)20)21-14-6-7-16-22(21)27-24(25)18-10-2-1-3-11-18/h1-16,23-24,26H. The van der Waals surface area contributed by atoms with Crippen LogP contribution < -0.4 is 4.74 Å². The minimum atomic E-state index is -0.565. The van der Waals surface area contributed by atoms with Crippen molar-refractivity contribution in [1.82, 2.24) is 5.06 Å². The lowest BCUT2D eigenvalue weighted by Gasteiger charge is -2.39. The van der Waals surface area contributed by atoms with Crippen LogP contribution >= 0.6 is 0 Å². The number of hydrogen-bond donors (Lipinski definition) is 1. The van der Waals surface area contributed by atoms with Gasteiger partial charge in [0.2, 0.25) is 6.23 Å². The Bertz CT molecular complexity index is 1090. The van der Waals surface area contributed by atoms with E-state index in [1.165, 1.54) is 5.06 Å². The summed E-state index contributed by atoms with van der Waals surface area (Å²) in [5.74, 6) is 0.801. The molecule has 1 aliphatic rings.